The van der Waals surface area contributed by atoms with Crippen LogP contribution in [-0.4, -0.2) is 47.4 Å². The summed E-state index contributed by atoms with van der Waals surface area (Å²) in [5.41, 5.74) is 3.86. The predicted octanol–water partition coefficient (Wildman–Crippen LogP) is 4.56. The van der Waals surface area contributed by atoms with Gasteiger partial charge in [0, 0.05) is 39.9 Å². The number of nitrogens with one attached hydrogen (secondary N) is 3. The molecule has 8 heteroatoms. The first-order valence-electron chi connectivity index (χ1n) is 10.3. The molecular weight excluding hydrogens is 413 g/mol. The summed E-state index contributed by atoms with van der Waals surface area (Å²) >= 11 is 1.72. The van der Waals surface area contributed by atoms with Crippen molar-refractivity contribution in [1.82, 2.24) is 20.3 Å². The molecule has 0 aliphatic carbocycles. The van der Waals surface area contributed by atoms with Gasteiger partial charge in [0.2, 0.25) is 5.95 Å². The van der Waals surface area contributed by atoms with Gasteiger partial charge in [0.15, 0.2) is 0 Å². The number of piperidine rings is 1. The maximum absolute atomic E-state index is 12.8. The first-order chi connectivity index (χ1) is 14.4. The summed E-state index contributed by atoms with van der Waals surface area (Å²) in [5, 5.41) is 8.90. The van der Waals surface area contributed by atoms with Gasteiger partial charge in [-0.05, 0) is 51.8 Å². The Morgan fingerprint density at radius 2 is 2.13 bits per heavy atom. The van der Waals surface area contributed by atoms with Gasteiger partial charge in [0.25, 0.3) is 0 Å². The van der Waals surface area contributed by atoms with E-state index in [0.29, 0.717) is 12.0 Å². The van der Waals surface area contributed by atoms with Gasteiger partial charge in [-0.25, -0.2) is 9.97 Å². The van der Waals surface area contributed by atoms with Gasteiger partial charge in [0.1, 0.15) is 7.14 Å². The lowest BCUT2D eigenvalue weighted by atomic mass is 10.1. The number of aromatic amines is 1. The van der Waals surface area contributed by atoms with Crippen molar-refractivity contribution in [2.75, 3.05) is 31.7 Å². The lowest BCUT2D eigenvalue weighted by Gasteiger charge is -2.23. The summed E-state index contributed by atoms with van der Waals surface area (Å²) in [6, 6.07) is 8.48. The van der Waals surface area contributed by atoms with Crippen LogP contribution in [0.5, 0.6) is 0 Å². The third-order valence-corrected chi connectivity index (χ3v) is 8.23. The molecule has 1 aromatic carbocycles. The normalized spacial score (nSPS) is 17.6. The number of rotatable bonds is 4. The number of fused-ring (bicyclic) bond motifs is 2. The second kappa shape index (κ2) is 7.49. The number of H-pyrrole nitrogens is 1. The molecule has 1 aliphatic rings. The number of aryl methyl sites for hydroxylation is 1. The molecular formula is C22H26N5OPS. The van der Waals surface area contributed by atoms with Gasteiger partial charge in [-0.2, -0.15) is 0 Å². The van der Waals surface area contributed by atoms with Crippen LogP contribution in [0.1, 0.15) is 17.7 Å². The van der Waals surface area contributed by atoms with E-state index in [-0.39, 0.29) is 0 Å². The maximum Gasteiger partial charge on any atom is 0.224 e. The minimum atomic E-state index is -2.40. The van der Waals surface area contributed by atoms with Crippen LogP contribution in [0, 0.1) is 6.92 Å². The van der Waals surface area contributed by atoms with Crippen LogP contribution in [0.2, 0.25) is 0 Å². The van der Waals surface area contributed by atoms with Crippen LogP contribution < -0.4 is 15.9 Å². The molecule has 0 radical (unpaired) electrons. The van der Waals surface area contributed by atoms with Gasteiger partial charge in [-0.3, -0.25) is 0 Å². The fourth-order valence-corrected chi connectivity index (χ4v) is 6.36. The fourth-order valence-electron chi connectivity index (χ4n) is 4.24. The lowest BCUT2D eigenvalue weighted by molar-refractivity contribution is 0.478. The third-order valence-electron chi connectivity index (χ3n) is 5.65. The third kappa shape index (κ3) is 3.55. The summed E-state index contributed by atoms with van der Waals surface area (Å²) in [7, 11) is -2.40. The van der Waals surface area contributed by atoms with Crippen molar-refractivity contribution in [3.63, 3.8) is 0 Å². The molecule has 3 aromatic heterocycles. The predicted molar refractivity (Wildman–Crippen MR) is 128 cm³/mol. The highest BCUT2D eigenvalue weighted by atomic mass is 32.1. The summed E-state index contributed by atoms with van der Waals surface area (Å²) in [5.74, 6) is 0.672. The zero-order valence-corrected chi connectivity index (χ0v) is 19.2. The van der Waals surface area contributed by atoms with Gasteiger partial charge in [-0.15, -0.1) is 11.3 Å². The summed E-state index contributed by atoms with van der Waals surface area (Å²) < 4.78 is 13.9. The van der Waals surface area contributed by atoms with Crippen LogP contribution >= 0.6 is 18.5 Å². The van der Waals surface area contributed by atoms with Crippen LogP contribution in [0.25, 0.3) is 32.4 Å². The number of anilines is 1. The van der Waals surface area contributed by atoms with E-state index in [1.165, 1.54) is 4.88 Å². The fraction of sp³-hybridized carbons (Fsp3) is 0.364. The van der Waals surface area contributed by atoms with E-state index in [4.69, 9.17) is 9.97 Å². The Hall–Kier alpha value is -2.21. The van der Waals surface area contributed by atoms with E-state index in [9.17, 15) is 4.57 Å². The highest BCUT2D eigenvalue weighted by molar-refractivity contribution is 7.70. The van der Waals surface area contributed by atoms with E-state index in [1.54, 1.807) is 11.3 Å². The molecule has 1 aliphatic heterocycles. The molecule has 4 aromatic rings. The van der Waals surface area contributed by atoms with Crippen molar-refractivity contribution in [1.29, 1.82) is 0 Å². The van der Waals surface area contributed by atoms with E-state index in [1.807, 2.05) is 31.7 Å². The average molecular weight is 440 g/mol. The second-order valence-corrected chi connectivity index (χ2v) is 12.8. The number of hydrogen-bond acceptors (Lipinski definition) is 6. The molecule has 5 rings (SSSR count). The topological polar surface area (TPSA) is 82.7 Å². The Kier molecular flexibility index (Phi) is 4.92. The monoisotopic (exact) mass is 439 g/mol. The van der Waals surface area contributed by atoms with Crippen molar-refractivity contribution in [2.24, 2.45) is 0 Å². The molecule has 6 nitrogen and oxygen atoms in total. The zero-order chi connectivity index (χ0) is 20.9. The van der Waals surface area contributed by atoms with Crippen LogP contribution in [0.15, 0.2) is 30.5 Å². The summed E-state index contributed by atoms with van der Waals surface area (Å²) in [6.07, 6.45) is 4.27. The first kappa shape index (κ1) is 19.7. The van der Waals surface area contributed by atoms with Crippen molar-refractivity contribution in [3.05, 3.63) is 35.3 Å². The molecule has 3 N–H and O–H groups in total. The van der Waals surface area contributed by atoms with Crippen molar-refractivity contribution < 1.29 is 4.57 Å². The Morgan fingerprint density at radius 1 is 1.27 bits per heavy atom. The zero-order valence-electron chi connectivity index (χ0n) is 17.5. The second-order valence-electron chi connectivity index (χ2n) is 8.41. The molecule has 4 heterocycles. The molecule has 0 unspecified atom stereocenters. The van der Waals surface area contributed by atoms with Gasteiger partial charge in [-0.1, -0.05) is 12.1 Å². The van der Waals surface area contributed by atoms with E-state index < -0.39 is 7.14 Å². The average Bonchev–Trinajstić information content (AvgIpc) is 3.30. The van der Waals surface area contributed by atoms with E-state index in [2.05, 4.69) is 34.7 Å². The lowest BCUT2D eigenvalue weighted by Crippen LogP contribution is -2.38. The Balaban J connectivity index is 1.67. The number of para-hydroxylation sites is 1. The van der Waals surface area contributed by atoms with Crippen LogP contribution in [-0.2, 0) is 4.57 Å². The number of hydrogen-bond donors (Lipinski definition) is 3. The smallest absolute Gasteiger partial charge is 0.224 e. The van der Waals surface area contributed by atoms with Crippen LogP contribution in [0.3, 0.4) is 0 Å². The van der Waals surface area contributed by atoms with Crippen molar-refractivity contribution >= 4 is 50.9 Å². The highest BCUT2D eigenvalue weighted by Gasteiger charge is 2.21. The summed E-state index contributed by atoms with van der Waals surface area (Å²) in [6.45, 7) is 7.73. The maximum atomic E-state index is 12.8. The molecule has 1 fully saturated rings. The van der Waals surface area contributed by atoms with Crippen molar-refractivity contribution in [2.45, 2.75) is 25.8 Å². The van der Waals surface area contributed by atoms with E-state index >= 15 is 0 Å². The molecule has 0 spiro atoms. The van der Waals surface area contributed by atoms with Gasteiger partial charge < -0.3 is 20.2 Å². The quantitative estimate of drug-likeness (QED) is 0.406. The van der Waals surface area contributed by atoms with Gasteiger partial charge >= 0.3 is 0 Å². The van der Waals surface area contributed by atoms with Crippen LogP contribution in [0.4, 0.5) is 5.95 Å². The standard InChI is InChI=1S/C22H26N5OPS/c1-13-10-17-21(30-13)20(27-22(26-17)25-14-6-5-9-23-11-14)16-12-24-19-15(16)7-4-8-18(19)29(2,3)28/h4,7-8,10,12,14,23-24H,5-6,9,11H2,1-3H3,(H,25,26,27)/t14-/m0/s1. The first-order valence-corrected chi connectivity index (χ1v) is 13.7. The molecule has 0 saturated carbocycles. The van der Waals surface area contributed by atoms with Gasteiger partial charge in [0.05, 0.1) is 21.4 Å². The number of nitrogens with zero attached hydrogens (tertiary/aromatic N) is 2. The minimum Gasteiger partial charge on any atom is -0.360 e. The minimum absolute atomic E-state index is 0.337. The Labute approximate surface area is 179 Å². The number of benzene rings is 1. The highest BCUT2D eigenvalue weighted by Crippen LogP contribution is 2.41. The molecule has 1 saturated heterocycles. The molecule has 1 atom stereocenters. The molecule has 156 valence electrons. The Morgan fingerprint density at radius 3 is 2.90 bits per heavy atom. The number of aromatic nitrogens is 3. The Bertz CT molecular complexity index is 1280. The molecule has 0 bridgehead atoms. The van der Waals surface area contributed by atoms with Crippen molar-refractivity contribution in [3.8, 4) is 11.3 Å². The van der Waals surface area contributed by atoms with E-state index in [0.717, 1.165) is 63.6 Å². The SMILES string of the molecule is Cc1cc2nc(N[C@H]3CCCNC3)nc(-c3c[nH]c4c(P(C)(C)=O)cccc34)c2s1. The number of thiophene rings is 1. The summed E-state index contributed by atoms with van der Waals surface area (Å²) in [4.78, 5) is 14.4. The largest absolute Gasteiger partial charge is 0.360 e. The molecule has 30 heavy (non-hydrogen) atoms. The molecule has 0 amide bonds.